The van der Waals surface area contributed by atoms with Gasteiger partial charge in [-0.15, -0.1) is 10.2 Å². The van der Waals surface area contributed by atoms with Gasteiger partial charge in [0.25, 0.3) is 11.1 Å². The van der Waals surface area contributed by atoms with Crippen LogP contribution in [0.3, 0.4) is 0 Å². The molecule has 0 fully saturated rings. The number of ether oxygens (including phenoxy) is 1. The molecule has 2 aromatic carbocycles. The van der Waals surface area contributed by atoms with Crippen molar-refractivity contribution in [2.45, 2.75) is 37.3 Å². The summed E-state index contributed by atoms with van der Waals surface area (Å²) >= 11 is 1.29. The molecular weight excluding hydrogens is 407 g/mol. The minimum atomic E-state index is -0.474. The van der Waals surface area contributed by atoms with Crippen LogP contribution in [-0.2, 0) is 12.2 Å². The van der Waals surface area contributed by atoms with E-state index in [1.165, 1.54) is 29.5 Å². The Hall–Kier alpha value is -3.20. The maximum absolute atomic E-state index is 13.0. The summed E-state index contributed by atoms with van der Waals surface area (Å²) in [5.74, 6) is 1.92. The molecule has 9 heteroatoms. The molecule has 0 unspecified atom stereocenters. The minimum absolute atomic E-state index is 0.323. The molecule has 154 valence electrons. The summed E-state index contributed by atoms with van der Waals surface area (Å²) in [7, 11) is 0. The third-order valence-electron chi connectivity index (χ3n) is 4.30. The van der Waals surface area contributed by atoms with Gasteiger partial charge in [-0.2, -0.15) is 4.98 Å². The van der Waals surface area contributed by atoms with Crippen molar-refractivity contribution < 1.29 is 18.1 Å². The molecule has 2 heterocycles. The lowest BCUT2D eigenvalue weighted by Gasteiger charge is -2.10. The first-order valence-corrected chi connectivity index (χ1v) is 10.4. The molecule has 0 aliphatic heterocycles. The second kappa shape index (κ2) is 9.08. The molecule has 0 saturated heterocycles. The van der Waals surface area contributed by atoms with E-state index in [4.69, 9.17) is 13.7 Å². The fourth-order valence-corrected chi connectivity index (χ4v) is 3.26. The standard InChI is InChI=1S/C21H19FN4O3S/c1-3-14-4-6-15(7-5-14)19-23-18(29-26-19)12-30-21-25-24-20(28-21)13(2)27-17-10-8-16(22)9-11-17/h4-11,13H,3,12H2,1-2H3/t13-/m1/s1. The van der Waals surface area contributed by atoms with E-state index in [1.54, 1.807) is 19.1 Å². The van der Waals surface area contributed by atoms with Crippen molar-refractivity contribution in [3.8, 4) is 17.1 Å². The Morgan fingerprint density at radius 1 is 1.07 bits per heavy atom. The zero-order valence-corrected chi connectivity index (χ0v) is 17.2. The van der Waals surface area contributed by atoms with Gasteiger partial charge in [-0.1, -0.05) is 48.1 Å². The van der Waals surface area contributed by atoms with Crippen molar-refractivity contribution in [3.05, 3.63) is 71.7 Å². The Morgan fingerprint density at radius 3 is 2.57 bits per heavy atom. The molecule has 7 nitrogen and oxygen atoms in total. The molecule has 0 spiro atoms. The number of hydrogen-bond donors (Lipinski definition) is 0. The van der Waals surface area contributed by atoms with Crippen molar-refractivity contribution in [2.75, 3.05) is 0 Å². The minimum Gasteiger partial charge on any atom is -0.481 e. The van der Waals surface area contributed by atoms with Gasteiger partial charge in [-0.05, 0) is 43.2 Å². The van der Waals surface area contributed by atoms with Crippen molar-refractivity contribution in [1.29, 1.82) is 0 Å². The number of hydrogen-bond acceptors (Lipinski definition) is 8. The third kappa shape index (κ3) is 4.85. The first-order valence-electron chi connectivity index (χ1n) is 9.41. The van der Waals surface area contributed by atoms with Crippen LogP contribution in [0.1, 0.15) is 37.3 Å². The number of aromatic nitrogens is 4. The van der Waals surface area contributed by atoms with Crippen LogP contribution in [0, 0.1) is 5.82 Å². The summed E-state index contributed by atoms with van der Waals surface area (Å²) < 4.78 is 29.6. The van der Waals surface area contributed by atoms with Crippen LogP contribution in [0.15, 0.2) is 62.7 Å². The molecular formula is C21H19FN4O3S. The molecule has 0 bridgehead atoms. The van der Waals surface area contributed by atoms with E-state index in [-0.39, 0.29) is 5.82 Å². The Morgan fingerprint density at radius 2 is 1.83 bits per heavy atom. The maximum atomic E-state index is 13.0. The highest BCUT2D eigenvalue weighted by atomic mass is 32.2. The van der Waals surface area contributed by atoms with E-state index in [0.29, 0.717) is 34.3 Å². The van der Waals surface area contributed by atoms with Crippen LogP contribution in [0.4, 0.5) is 4.39 Å². The summed E-state index contributed by atoms with van der Waals surface area (Å²) in [6, 6.07) is 13.8. The molecule has 2 aromatic heterocycles. The molecule has 0 N–H and O–H groups in total. The smallest absolute Gasteiger partial charge is 0.277 e. The van der Waals surface area contributed by atoms with E-state index >= 15 is 0 Å². The van der Waals surface area contributed by atoms with Crippen LogP contribution >= 0.6 is 11.8 Å². The number of thioether (sulfide) groups is 1. The Bertz CT molecular complexity index is 1100. The Labute approximate surface area is 176 Å². The summed E-state index contributed by atoms with van der Waals surface area (Å²) in [4.78, 5) is 4.41. The van der Waals surface area contributed by atoms with Crippen molar-refractivity contribution in [1.82, 2.24) is 20.3 Å². The number of rotatable bonds is 8. The summed E-state index contributed by atoms with van der Waals surface area (Å²) in [6.45, 7) is 3.89. The van der Waals surface area contributed by atoms with Crippen molar-refractivity contribution in [3.63, 3.8) is 0 Å². The average molecular weight is 426 g/mol. The largest absolute Gasteiger partial charge is 0.481 e. The predicted octanol–water partition coefficient (Wildman–Crippen LogP) is 5.25. The van der Waals surface area contributed by atoms with Crippen LogP contribution in [0.25, 0.3) is 11.4 Å². The molecule has 1 atom stereocenters. The quantitative estimate of drug-likeness (QED) is 0.353. The number of aryl methyl sites for hydroxylation is 1. The van der Waals surface area contributed by atoms with Crippen LogP contribution in [0.2, 0.25) is 0 Å². The molecule has 0 radical (unpaired) electrons. The fraction of sp³-hybridized carbons (Fsp3) is 0.238. The summed E-state index contributed by atoms with van der Waals surface area (Å²) in [5.41, 5.74) is 2.15. The molecule has 4 rings (SSSR count). The van der Waals surface area contributed by atoms with Crippen molar-refractivity contribution in [2.24, 2.45) is 0 Å². The van der Waals surface area contributed by atoms with Gasteiger partial charge in [0.1, 0.15) is 11.6 Å². The molecule has 30 heavy (non-hydrogen) atoms. The SMILES string of the molecule is CCc1ccc(-c2noc(CSc3nnc([C@@H](C)Oc4ccc(F)cc4)o3)n2)cc1. The second-order valence-electron chi connectivity index (χ2n) is 6.47. The first-order chi connectivity index (χ1) is 14.6. The highest BCUT2D eigenvalue weighted by Crippen LogP contribution is 2.26. The van der Waals surface area contributed by atoms with Crippen LogP contribution < -0.4 is 4.74 Å². The third-order valence-corrected chi connectivity index (χ3v) is 5.11. The van der Waals surface area contributed by atoms with Gasteiger partial charge in [-0.3, -0.25) is 0 Å². The van der Waals surface area contributed by atoms with Gasteiger partial charge in [0.15, 0.2) is 6.10 Å². The first kappa shape index (κ1) is 20.1. The number of halogens is 1. The van der Waals surface area contributed by atoms with Gasteiger partial charge >= 0.3 is 0 Å². The lowest BCUT2D eigenvalue weighted by Crippen LogP contribution is -2.03. The van der Waals surface area contributed by atoms with Gasteiger partial charge in [0.05, 0.1) is 5.75 Å². The van der Waals surface area contributed by atoms with E-state index in [9.17, 15) is 4.39 Å². The molecule has 4 aromatic rings. The van der Waals surface area contributed by atoms with Crippen LogP contribution in [0.5, 0.6) is 5.75 Å². The molecule has 0 aliphatic carbocycles. The second-order valence-corrected chi connectivity index (χ2v) is 7.40. The van der Waals surface area contributed by atoms with E-state index in [2.05, 4.69) is 39.4 Å². The zero-order chi connectivity index (χ0) is 20.9. The van der Waals surface area contributed by atoms with Crippen LogP contribution in [-0.4, -0.2) is 20.3 Å². The monoisotopic (exact) mass is 426 g/mol. The van der Waals surface area contributed by atoms with Gasteiger partial charge < -0.3 is 13.7 Å². The fourth-order valence-electron chi connectivity index (χ4n) is 2.65. The normalized spacial score (nSPS) is 12.1. The lowest BCUT2D eigenvalue weighted by molar-refractivity contribution is 0.181. The topological polar surface area (TPSA) is 87.1 Å². The average Bonchev–Trinajstić information content (AvgIpc) is 3.44. The Kier molecular flexibility index (Phi) is 6.08. The summed E-state index contributed by atoms with van der Waals surface area (Å²) in [5, 5.41) is 12.4. The van der Waals surface area contributed by atoms with E-state index < -0.39 is 6.10 Å². The maximum Gasteiger partial charge on any atom is 0.277 e. The number of benzene rings is 2. The number of nitrogens with zero attached hydrogens (tertiary/aromatic N) is 4. The molecule has 0 aliphatic rings. The summed E-state index contributed by atoms with van der Waals surface area (Å²) in [6.07, 6.45) is 0.507. The zero-order valence-electron chi connectivity index (χ0n) is 16.4. The van der Waals surface area contributed by atoms with Crippen molar-refractivity contribution >= 4 is 11.8 Å². The predicted molar refractivity (Wildman–Crippen MR) is 108 cm³/mol. The van der Waals surface area contributed by atoms with Gasteiger partial charge in [0.2, 0.25) is 11.7 Å². The molecule has 0 saturated carbocycles. The highest BCUT2D eigenvalue weighted by molar-refractivity contribution is 7.98. The van der Waals surface area contributed by atoms with E-state index in [0.717, 1.165) is 12.0 Å². The lowest BCUT2D eigenvalue weighted by atomic mass is 10.1. The molecule has 0 amide bonds. The van der Waals surface area contributed by atoms with E-state index in [1.807, 2.05) is 12.1 Å². The van der Waals surface area contributed by atoms with Gasteiger partial charge in [-0.25, -0.2) is 4.39 Å². The Balaban J connectivity index is 1.34. The van der Waals surface area contributed by atoms with Gasteiger partial charge in [0, 0.05) is 5.56 Å². The highest BCUT2D eigenvalue weighted by Gasteiger charge is 2.17.